The highest BCUT2D eigenvalue weighted by molar-refractivity contribution is 5.81. The topological polar surface area (TPSA) is 391 Å². The van der Waals surface area contributed by atoms with E-state index in [0.717, 1.165) is 0 Å². The van der Waals surface area contributed by atoms with E-state index >= 15 is 0 Å². The first-order valence-electron chi connectivity index (χ1n) is 26.3. The summed E-state index contributed by atoms with van der Waals surface area (Å²) >= 11 is 0. The molecule has 0 aromatic rings. The first-order chi connectivity index (χ1) is 35.8. The number of rotatable bonds is 19. The molecule has 1 aliphatic carbocycles. The number of carbonyl (C=O) groups excluding carboxylic acids is 6. The molecule has 28 heteroatoms. The second kappa shape index (κ2) is 28.7. The fourth-order valence-corrected chi connectivity index (χ4v) is 8.35. The molecule has 0 aromatic heterocycles. The number of carbonyl (C=O) groups is 6. The molecule has 2 heterocycles. The van der Waals surface area contributed by atoms with E-state index in [1.54, 1.807) is 104 Å². The third-order valence-corrected chi connectivity index (χ3v) is 11.5. The van der Waals surface area contributed by atoms with Crippen molar-refractivity contribution < 1.29 is 102 Å². The summed E-state index contributed by atoms with van der Waals surface area (Å²) in [6, 6.07) is -8.16. The van der Waals surface area contributed by atoms with Gasteiger partial charge < -0.3 is 110 Å². The number of ether oxygens (including phenoxy) is 9. The van der Waals surface area contributed by atoms with Gasteiger partial charge in [-0.3, -0.25) is 4.79 Å². The van der Waals surface area contributed by atoms with Crippen LogP contribution in [-0.4, -0.2) is 219 Å². The highest BCUT2D eigenvalue weighted by atomic mass is 16.7. The Morgan fingerprint density at radius 2 is 0.987 bits per heavy atom. The van der Waals surface area contributed by atoms with Gasteiger partial charge in [-0.2, -0.15) is 0 Å². The van der Waals surface area contributed by atoms with Crippen LogP contribution in [-0.2, 0) is 47.4 Å². The molecule has 14 atom stereocenters. The van der Waals surface area contributed by atoms with Gasteiger partial charge in [-0.25, -0.2) is 24.0 Å². The summed E-state index contributed by atoms with van der Waals surface area (Å²) in [6.07, 6.45) is -19.3. The van der Waals surface area contributed by atoms with Crippen LogP contribution in [0.25, 0.3) is 0 Å². The molecule has 28 nitrogen and oxygen atoms in total. The molecule has 0 aromatic carbocycles. The van der Waals surface area contributed by atoms with Crippen molar-refractivity contribution in [2.45, 2.75) is 249 Å². The largest absolute Gasteiger partial charge is 0.444 e. The van der Waals surface area contributed by atoms with Gasteiger partial charge in [0.05, 0.1) is 74.4 Å². The Labute approximate surface area is 456 Å². The Morgan fingerprint density at radius 3 is 1.47 bits per heavy atom. The monoisotopic (exact) mass is 1130 g/mol. The van der Waals surface area contributed by atoms with Crippen molar-refractivity contribution in [1.29, 1.82) is 0 Å². The summed E-state index contributed by atoms with van der Waals surface area (Å²) in [7, 11) is 0. The molecule has 0 spiro atoms. The first-order valence-corrected chi connectivity index (χ1v) is 26.3. The molecule has 0 radical (unpaired) electrons. The smallest absolute Gasteiger partial charge is 0.408 e. The average Bonchev–Trinajstić information content (AvgIpc) is 3.26. The van der Waals surface area contributed by atoms with E-state index in [1.807, 2.05) is 0 Å². The number of aliphatic hydroxyl groups excluding tert-OH is 6. The lowest BCUT2D eigenvalue weighted by atomic mass is 9.80. The Kier molecular flexibility index (Phi) is 24.9. The van der Waals surface area contributed by atoms with Gasteiger partial charge >= 0.3 is 30.5 Å². The molecule has 13 N–H and O–H groups in total. The van der Waals surface area contributed by atoms with Crippen LogP contribution in [0.4, 0.5) is 24.0 Å². The van der Waals surface area contributed by atoms with Gasteiger partial charge in [-0.15, -0.1) is 0 Å². The zero-order valence-corrected chi connectivity index (χ0v) is 47.8. The molecule has 78 heavy (non-hydrogen) atoms. The Hall–Kier alpha value is -4.62. The summed E-state index contributed by atoms with van der Waals surface area (Å²) < 4.78 is 53.3. The van der Waals surface area contributed by atoms with Gasteiger partial charge in [0.1, 0.15) is 52.4 Å². The van der Waals surface area contributed by atoms with Crippen molar-refractivity contribution in [3.63, 3.8) is 0 Å². The lowest BCUT2D eigenvalue weighted by Crippen LogP contribution is -2.73. The zero-order valence-electron chi connectivity index (χ0n) is 47.8. The van der Waals surface area contributed by atoms with E-state index in [2.05, 4.69) is 37.2 Å². The predicted molar refractivity (Wildman–Crippen MR) is 275 cm³/mol. The van der Waals surface area contributed by atoms with E-state index < -0.39 is 176 Å². The average molecular weight is 1130 g/mol. The van der Waals surface area contributed by atoms with Crippen LogP contribution in [0.1, 0.15) is 130 Å². The van der Waals surface area contributed by atoms with Crippen molar-refractivity contribution in [2.24, 2.45) is 0 Å². The van der Waals surface area contributed by atoms with Gasteiger partial charge in [0, 0.05) is 13.1 Å². The molecule has 3 aliphatic rings. The standard InChI is InChI=1S/C50H91N7O21/c1-46(2,3)74-41(65)51-19-18-30(61)38(64)54-28-20-29(56-44(68)77-49(10,11)12)37(72-39-27(55-43(67)76-48(7,8)9)17-16-26(70-39)21-52-42(66)75-47(4,5)6)33(53-25(22-58)23-59)36(28)73-40-35(63)32(34(62)31(24-60)71-40)57-45(69)78-50(13,14)15/h25-37,39-40,53,58-63H,16-24H2,1-15H3,(H,51,65)(H,52,66)(H,54,64)(H,55,67)(H,56,68)(H,57,69)/t26?,27?,28-,29+,30+,31?,32+,33?,34-,35?,36+,37?,39-,40-/m1/s1. The molecule has 452 valence electrons. The van der Waals surface area contributed by atoms with Crippen molar-refractivity contribution >= 4 is 36.4 Å². The number of aliphatic hydroxyl groups is 6. The lowest BCUT2D eigenvalue weighted by molar-refractivity contribution is -0.306. The van der Waals surface area contributed by atoms with Gasteiger partial charge in [0.15, 0.2) is 12.6 Å². The first kappa shape index (κ1) is 67.7. The maximum absolute atomic E-state index is 14.1. The molecular weight excluding hydrogens is 1030 g/mol. The summed E-state index contributed by atoms with van der Waals surface area (Å²) in [5.41, 5.74) is -4.76. The van der Waals surface area contributed by atoms with E-state index in [1.165, 1.54) is 0 Å². The zero-order chi connectivity index (χ0) is 59.3. The number of amides is 6. The summed E-state index contributed by atoms with van der Waals surface area (Å²) in [5, 5.41) is 85.1. The van der Waals surface area contributed by atoms with Crippen LogP contribution in [0.3, 0.4) is 0 Å². The number of hydrogen-bond acceptors (Lipinski definition) is 22. The third-order valence-electron chi connectivity index (χ3n) is 11.5. The van der Waals surface area contributed by atoms with E-state index in [4.69, 9.17) is 42.6 Å². The van der Waals surface area contributed by atoms with Crippen molar-refractivity contribution in [2.75, 3.05) is 32.9 Å². The normalized spacial score (nSPS) is 28.5. The van der Waals surface area contributed by atoms with Gasteiger partial charge in [0.2, 0.25) is 5.91 Å². The van der Waals surface area contributed by atoms with Gasteiger partial charge in [-0.1, -0.05) is 0 Å². The van der Waals surface area contributed by atoms with Crippen LogP contribution in [0.2, 0.25) is 0 Å². The van der Waals surface area contributed by atoms with E-state index in [-0.39, 0.29) is 38.8 Å². The van der Waals surface area contributed by atoms with E-state index in [0.29, 0.717) is 0 Å². The quantitative estimate of drug-likeness (QED) is 0.0778. The molecule has 0 bridgehead atoms. The number of alkyl carbamates (subject to hydrolysis) is 5. The highest BCUT2D eigenvalue weighted by Gasteiger charge is 2.54. The van der Waals surface area contributed by atoms with Crippen molar-refractivity contribution in [3.05, 3.63) is 0 Å². The highest BCUT2D eigenvalue weighted by Crippen LogP contribution is 2.34. The minimum atomic E-state index is -1.98. The Bertz CT molecular complexity index is 1950. The summed E-state index contributed by atoms with van der Waals surface area (Å²) in [6.45, 7) is 21.8. The predicted octanol–water partition coefficient (Wildman–Crippen LogP) is 0.381. The minimum absolute atomic E-state index is 0.111. The second-order valence-electron chi connectivity index (χ2n) is 24.5. The maximum atomic E-state index is 14.1. The maximum Gasteiger partial charge on any atom is 0.408 e. The second-order valence-corrected chi connectivity index (χ2v) is 24.5. The SMILES string of the molecule is CC(C)(C)OC(=O)NCC[C@H](O)C(=O)N[C@@H]1C[C@H](NC(=O)OC(C)(C)C)C(O[C@H]2OC(CNC(=O)OC(C)(C)C)CCC2NC(=O)OC(C)(C)C)C(NC(CO)CO)[C@H]1O[C@H]1OC(CO)[C@@H](O)[C@H](NC(=O)OC(C)(C)C)C1O. The Balaban J connectivity index is 2.28. The van der Waals surface area contributed by atoms with Crippen molar-refractivity contribution in [1.82, 2.24) is 37.2 Å². The van der Waals surface area contributed by atoms with Crippen LogP contribution in [0.15, 0.2) is 0 Å². The summed E-state index contributed by atoms with van der Waals surface area (Å²) in [5.74, 6) is -1.04. The van der Waals surface area contributed by atoms with E-state index in [9.17, 15) is 59.4 Å². The Morgan fingerprint density at radius 1 is 0.538 bits per heavy atom. The summed E-state index contributed by atoms with van der Waals surface area (Å²) in [4.78, 5) is 79.9. The lowest BCUT2D eigenvalue weighted by Gasteiger charge is -2.51. The number of hydrogen-bond donors (Lipinski definition) is 13. The van der Waals surface area contributed by atoms with Crippen LogP contribution in [0.5, 0.6) is 0 Å². The van der Waals surface area contributed by atoms with Gasteiger partial charge in [-0.05, 0) is 130 Å². The third kappa shape index (κ3) is 23.6. The molecular formula is C50H91N7O21. The fraction of sp³-hybridized carbons (Fsp3) is 0.880. The van der Waals surface area contributed by atoms with Crippen LogP contribution >= 0.6 is 0 Å². The fourth-order valence-electron chi connectivity index (χ4n) is 8.35. The van der Waals surface area contributed by atoms with Crippen LogP contribution < -0.4 is 37.2 Å². The molecule has 6 amide bonds. The van der Waals surface area contributed by atoms with Gasteiger partial charge in [0.25, 0.3) is 0 Å². The molecule has 2 saturated heterocycles. The number of nitrogens with one attached hydrogen (secondary N) is 7. The molecule has 2 aliphatic heterocycles. The minimum Gasteiger partial charge on any atom is -0.444 e. The van der Waals surface area contributed by atoms with Crippen LogP contribution in [0, 0.1) is 0 Å². The molecule has 1 saturated carbocycles. The molecule has 3 rings (SSSR count). The van der Waals surface area contributed by atoms with Crippen molar-refractivity contribution in [3.8, 4) is 0 Å². The molecule has 6 unspecified atom stereocenters. The molecule has 3 fully saturated rings.